The van der Waals surface area contributed by atoms with Gasteiger partial charge in [0.2, 0.25) is 0 Å². The van der Waals surface area contributed by atoms with Gasteiger partial charge in [0.25, 0.3) is 11.8 Å². The highest BCUT2D eigenvalue weighted by molar-refractivity contribution is 6.21. The fourth-order valence-electron chi connectivity index (χ4n) is 3.98. The number of amides is 4. The molecular formula is C23H26N4O3. The van der Waals surface area contributed by atoms with Gasteiger partial charge in [-0.2, -0.15) is 0 Å². The molecule has 7 nitrogen and oxygen atoms in total. The molecule has 7 heteroatoms. The monoisotopic (exact) mass is 406 g/mol. The van der Waals surface area contributed by atoms with Gasteiger partial charge in [0.1, 0.15) is 0 Å². The van der Waals surface area contributed by atoms with E-state index in [1.165, 1.54) is 16.2 Å². The second kappa shape index (κ2) is 8.57. The highest BCUT2D eigenvalue weighted by Crippen LogP contribution is 2.22. The lowest BCUT2D eigenvalue weighted by atomic mass is 10.1. The molecule has 2 aromatic carbocycles. The first-order chi connectivity index (χ1) is 14.5. The molecule has 4 rings (SSSR count). The summed E-state index contributed by atoms with van der Waals surface area (Å²) in [6.45, 7) is 5.72. The fourth-order valence-corrected chi connectivity index (χ4v) is 3.98. The molecule has 0 aliphatic carbocycles. The molecule has 1 saturated heterocycles. The molecule has 1 fully saturated rings. The molecule has 0 aromatic heterocycles. The maximum atomic E-state index is 12.4. The standard InChI is InChI=1S/C23H26N4O3/c1-17-6-4-7-18(16-17)25-12-14-26(15-13-25)23(30)24-10-5-11-27-21(28)19-8-2-3-9-20(19)22(27)29/h2-4,6-9,16H,5,10-15H2,1H3,(H,24,30). The number of anilines is 1. The molecule has 4 amide bonds. The number of carbonyl (C=O) groups is 3. The quantitative estimate of drug-likeness (QED) is 0.612. The van der Waals surface area contributed by atoms with E-state index < -0.39 is 0 Å². The maximum Gasteiger partial charge on any atom is 0.317 e. The highest BCUT2D eigenvalue weighted by atomic mass is 16.2. The smallest absolute Gasteiger partial charge is 0.317 e. The molecular weight excluding hydrogens is 380 g/mol. The Labute approximate surface area is 176 Å². The number of carbonyl (C=O) groups excluding carboxylic acids is 3. The first-order valence-corrected chi connectivity index (χ1v) is 10.3. The van der Waals surface area contributed by atoms with E-state index in [2.05, 4.69) is 41.4 Å². The summed E-state index contributed by atoms with van der Waals surface area (Å²) < 4.78 is 0. The normalized spacial score (nSPS) is 16.1. The first kappa shape index (κ1) is 19.9. The molecule has 0 radical (unpaired) electrons. The summed E-state index contributed by atoms with van der Waals surface area (Å²) in [5.41, 5.74) is 3.33. The van der Waals surface area contributed by atoms with Gasteiger partial charge in [-0.25, -0.2) is 4.79 Å². The Hall–Kier alpha value is -3.35. The number of imide groups is 1. The van der Waals surface area contributed by atoms with Gasteiger partial charge >= 0.3 is 6.03 Å². The van der Waals surface area contributed by atoms with Crippen molar-refractivity contribution in [3.63, 3.8) is 0 Å². The number of fused-ring (bicyclic) bond motifs is 1. The van der Waals surface area contributed by atoms with Crippen molar-refractivity contribution in [2.75, 3.05) is 44.2 Å². The van der Waals surface area contributed by atoms with E-state index in [0.29, 0.717) is 43.7 Å². The van der Waals surface area contributed by atoms with Crippen LogP contribution >= 0.6 is 0 Å². The minimum Gasteiger partial charge on any atom is -0.368 e. The molecule has 1 N–H and O–H groups in total. The van der Waals surface area contributed by atoms with Crippen LogP contribution in [0.4, 0.5) is 10.5 Å². The van der Waals surface area contributed by atoms with Crippen molar-refractivity contribution in [1.29, 1.82) is 0 Å². The van der Waals surface area contributed by atoms with Crippen LogP contribution in [0.5, 0.6) is 0 Å². The summed E-state index contributed by atoms with van der Waals surface area (Å²) in [5, 5.41) is 2.91. The van der Waals surface area contributed by atoms with E-state index >= 15 is 0 Å². The predicted molar refractivity (Wildman–Crippen MR) is 115 cm³/mol. The van der Waals surface area contributed by atoms with Crippen molar-refractivity contribution in [2.24, 2.45) is 0 Å². The SMILES string of the molecule is Cc1cccc(N2CCN(C(=O)NCCCN3C(=O)c4ccccc4C3=O)CC2)c1. The van der Waals surface area contributed by atoms with Crippen LogP contribution in [0.3, 0.4) is 0 Å². The summed E-state index contributed by atoms with van der Waals surface area (Å²) >= 11 is 0. The lowest BCUT2D eigenvalue weighted by Gasteiger charge is -2.36. The van der Waals surface area contributed by atoms with Gasteiger partial charge in [0.05, 0.1) is 11.1 Å². The van der Waals surface area contributed by atoms with Crippen molar-refractivity contribution < 1.29 is 14.4 Å². The zero-order valence-electron chi connectivity index (χ0n) is 17.1. The molecule has 0 saturated carbocycles. The molecule has 156 valence electrons. The third-order valence-corrected chi connectivity index (χ3v) is 5.65. The Morgan fingerprint density at radius 1 is 0.933 bits per heavy atom. The van der Waals surface area contributed by atoms with E-state index in [1.54, 1.807) is 24.3 Å². The van der Waals surface area contributed by atoms with E-state index in [0.717, 1.165) is 13.1 Å². The van der Waals surface area contributed by atoms with Crippen molar-refractivity contribution in [1.82, 2.24) is 15.1 Å². The molecule has 2 aliphatic heterocycles. The van der Waals surface area contributed by atoms with Gasteiger partial charge < -0.3 is 15.1 Å². The van der Waals surface area contributed by atoms with Gasteiger partial charge in [-0.1, -0.05) is 24.3 Å². The van der Waals surface area contributed by atoms with Crippen molar-refractivity contribution >= 4 is 23.5 Å². The predicted octanol–water partition coefficient (Wildman–Crippen LogP) is 2.51. The van der Waals surface area contributed by atoms with Gasteiger partial charge in [-0.15, -0.1) is 0 Å². The summed E-state index contributed by atoms with van der Waals surface area (Å²) in [4.78, 5) is 42.5. The zero-order valence-corrected chi connectivity index (χ0v) is 17.1. The molecule has 0 unspecified atom stereocenters. The topological polar surface area (TPSA) is 73.0 Å². The third kappa shape index (κ3) is 4.01. The van der Waals surface area contributed by atoms with Gasteiger partial charge in [0, 0.05) is 45.0 Å². The van der Waals surface area contributed by atoms with Crippen LogP contribution in [0.2, 0.25) is 0 Å². The van der Waals surface area contributed by atoms with Crippen molar-refractivity contribution in [3.05, 3.63) is 65.2 Å². The summed E-state index contributed by atoms with van der Waals surface area (Å²) in [5.74, 6) is -0.511. The number of hydrogen-bond acceptors (Lipinski definition) is 4. The molecule has 30 heavy (non-hydrogen) atoms. The molecule has 0 spiro atoms. The number of hydrogen-bond donors (Lipinski definition) is 1. The van der Waals surface area contributed by atoms with Gasteiger partial charge in [-0.3, -0.25) is 14.5 Å². The van der Waals surface area contributed by atoms with E-state index in [9.17, 15) is 14.4 Å². The van der Waals surface area contributed by atoms with Crippen LogP contribution in [-0.4, -0.2) is 66.9 Å². The number of benzene rings is 2. The van der Waals surface area contributed by atoms with Crippen molar-refractivity contribution in [2.45, 2.75) is 13.3 Å². The fraction of sp³-hybridized carbons (Fsp3) is 0.348. The van der Waals surface area contributed by atoms with Gasteiger partial charge in [-0.05, 0) is 43.2 Å². The first-order valence-electron chi connectivity index (χ1n) is 10.3. The second-order valence-corrected chi connectivity index (χ2v) is 7.71. The Morgan fingerprint density at radius 3 is 2.23 bits per heavy atom. The number of nitrogens with one attached hydrogen (secondary N) is 1. The van der Waals surface area contributed by atoms with Crippen LogP contribution in [0.15, 0.2) is 48.5 Å². The van der Waals surface area contributed by atoms with Gasteiger partial charge in [0.15, 0.2) is 0 Å². The minimum atomic E-state index is -0.255. The number of urea groups is 1. The lowest BCUT2D eigenvalue weighted by molar-refractivity contribution is 0.0653. The molecule has 2 heterocycles. The zero-order chi connectivity index (χ0) is 21.1. The number of rotatable bonds is 5. The van der Waals surface area contributed by atoms with Crippen molar-refractivity contribution in [3.8, 4) is 0 Å². The molecule has 2 aliphatic rings. The van der Waals surface area contributed by atoms with Crippen LogP contribution in [0.1, 0.15) is 32.7 Å². The summed E-state index contributed by atoms with van der Waals surface area (Å²) in [7, 11) is 0. The Morgan fingerprint density at radius 2 is 1.60 bits per heavy atom. The summed E-state index contributed by atoms with van der Waals surface area (Å²) in [6, 6.07) is 15.2. The molecule has 0 atom stereocenters. The summed E-state index contributed by atoms with van der Waals surface area (Å²) in [6.07, 6.45) is 0.528. The maximum absolute atomic E-state index is 12.4. The minimum absolute atomic E-state index is 0.0961. The van der Waals surface area contributed by atoms with Crippen LogP contribution in [0.25, 0.3) is 0 Å². The lowest BCUT2D eigenvalue weighted by Crippen LogP contribution is -2.52. The van der Waals surface area contributed by atoms with Crippen LogP contribution < -0.4 is 10.2 Å². The second-order valence-electron chi connectivity index (χ2n) is 7.71. The number of piperazine rings is 1. The Balaban J connectivity index is 1.20. The molecule has 2 aromatic rings. The van der Waals surface area contributed by atoms with Crippen LogP contribution in [0, 0.1) is 6.92 Å². The van der Waals surface area contributed by atoms with Crippen LogP contribution in [-0.2, 0) is 0 Å². The Kier molecular flexibility index (Phi) is 5.70. The number of aryl methyl sites for hydroxylation is 1. The average molecular weight is 406 g/mol. The van der Waals surface area contributed by atoms with E-state index in [-0.39, 0.29) is 17.8 Å². The average Bonchev–Trinajstić information content (AvgIpc) is 3.01. The third-order valence-electron chi connectivity index (χ3n) is 5.65. The molecule has 0 bridgehead atoms. The largest absolute Gasteiger partial charge is 0.368 e. The van der Waals surface area contributed by atoms with E-state index in [4.69, 9.17) is 0 Å². The Bertz CT molecular complexity index is 931. The van der Waals surface area contributed by atoms with E-state index in [1.807, 2.05) is 4.90 Å². The highest BCUT2D eigenvalue weighted by Gasteiger charge is 2.34. The number of nitrogens with zero attached hydrogens (tertiary/aromatic N) is 3.